The molecule has 1 N–H and O–H groups in total. The Hall–Kier alpha value is -1.49. The van der Waals surface area contributed by atoms with Crippen molar-refractivity contribution in [3.63, 3.8) is 0 Å². The summed E-state index contributed by atoms with van der Waals surface area (Å²) >= 11 is 0. The monoisotopic (exact) mass is 211 g/mol. The summed E-state index contributed by atoms with van der Waals surface area (Å²) in [5.41, 5.74) is 0.320. The highest BCUT2D eigenvalue weighted by Gasteiger charge is 2.11. The number of hydrogen-bond donors (Lipinski definition) is 1. The molecule has 0 fully saturated rings. The normalized spacial score (nSPS) is 10.1. The highest BCUT2D eigenvalue weighted by molar-refractivity contribution is 5.93. The van der Waals surface area contributed by atoms with E-state index in [2.05, 4.69) is 10.3 Å². The number of carbonyl (C=O) groups is 1. The molecule has 0 radical (unpaired) electrons. The Morgan fingerprint density at radius 3 is 3.00 bits per heavy atom. The molecule has 15 heavy (non-hydrogen) atoms. The predicted molar refractivity (Wildman–Crippen MR) is 55.1 cm³/mol. The molecule has 1 aromatic heterocycles. The highest BCUT2D eigenvalue weighted by Crippen LogP contribution is 2.03. The van der Waals surface area contributed by atoms with Gasteiger partial charge in [0.15, 0.2) is 0 Å². The Bertz CT molecular complexity index is 343. The van der Waals surface area contributed by atoms with Gasteiger partial charge in [-0.05, 0) is 13.1 Å². The summed E-state index contributed by atoms with van der Waals surface area (Å²) in [7, 11) is 3.49. The summed E-state index contributed by atoms with van der Waals surface area (Å²) in [4.78, 5) is 16.6. The van der Waals surface area contributed by atoms with Crippen molar-refractivity contribution in [1.82, 2.24) is 15.2 Å². The Labute approximate surface area is 88.1 Å². The fourth-order valence-corrected chi connectivity index (χ4v) is 1.14. The molecule has 0 aliphatic heterocycles. The van der Waals surface area contributed by atoms with Gasteiger partial charge in [-0.15, -0.1) is 0 Å². The van der Waals surface area contributed by atoms with Crippen LogP contribution in [0.4, 0.5) is 4.39 Å². The van der Waals surface area contributed by atoms with E-state index in [4.69, 9.17) is 0 Å². The van der Waals surface area contributed by atoms with Crippen molar-refractivity contribution in [2.24, 2.45) is 0 Å². The van der Waals surface area contributed by atoms with E-state index >= 15 is 0 Å². The number of aromatic nitrogens is 1. The molecule has 1 aromatic rings. The van der Waals surface area contributed by atoms with Crippen LogP contribution in [0.15, 0.2) is 18.3 Å². The van der Waals surface area contributed by atoms with Gasteiger partial charge in [-0.25, -0.2) is 4.98 Å². The Kier molecular flexibility index (Phi) is 4.17. The van der Waals surface area contributed by atoms with Gasteiger partial charge in [0.1, 0.15) is 0 Å². The maximum atomic E-state index is 12.7. The molecule has 0 aromatic carbocycles. The summed E-state index contributed by atoms with van der Waals surface area (Å²) in [5.74, 6) is -0.839. The van der Waals surface area contributed by atoms with E-state index < -0.39 is 5.95 Å². The van der Waals surface area contributed by atoms with Gasteiger partial charge in [0.2, 0.25) is 5.95 Å². The van der Waals surface area contributed by atoms with Gasteiger partial charge in [-0.1, -0.05) is 0 Å². The van der Waals surface area contributed by atoms with Crippen LogP contribution in [0.2, 0.25) is 0 Å². The molecule has 0 aliphatic rings. The van der Waals surface area contributed by atoms with Crippen molar-refractivity contribution >= 4 is 5.91 Å². The maximum absolute atomic E-state index is 12.7. The summed E-state index contributed by atoms with van der Waals surface area (Å²) in [5, 5.41) is 2.94. The standard InChI is InChI=1S/C10H14FN3O/c1-12-5-6-14(2)10(15)8-3-4-13-9(11)7-8/h3-4,7,12H,5-6H2,1-2H3. The van der Waals surface area contributed by atoms with E-state index in [0.717, 1.165) is 6.07 Å². The van der Waals surface area contributed by atoms with E-state index in [9.17, 15) is 9.18 Å². The van der Waals surface area contributed by atoms with Crippen molar-refractivity contribution in [3.8, 4) is 0 Å². The second-order valence-corrected chi connectivity index (χ2v) is 3.20. The third-order valence-corrected chi connectivity index (χ3v) is 2.02. The second kappa shape index (κ2) is 5.41. The number of likely N-dealkylation sites (N-methyl/N-ethyl adjacent to an activating group) is 2. The van der Waals surface area contributed by atoms with Crippen LogP contribution < -0.4 is 5.32 Å². The van der Waals surface area contributed by atoms with Crippen molar-refractivity contribution in [2.45, 2.75) is 0 Å². The molecule has 82 valence electrons. The molecular formula is C10H14FN3O. The molecule has 5 heteroatoms. The van der Waals surface area contributed by atoms with E-state index in [1.807, 2.05) is 7.05 Å². The molecule has 0 saturated carbocycles. The number of amides is 1. The molecule has 0 bridgehead atoms. The third-order valence-electron chi connectivity index (χ3n) is 2.02. The lowest BCUT2D eigenvalue weighted by atomic mass is 10.2. The molecule has 0 atom stereocenters. The first-order valence-electron chi connectivity index (χ1n) is 4.66. The summed E-state index contributed by atoms with van der Waals surface area (Å²) < 4.78 is 12.7. The minimum absolute atomic E-state index is 0.202. The highest BCUT2D eigenvalue weighted by atomic mass is 19.1. The molecule has 1 heterocycles. The molecular weight excluding hydrogens is 197 g/mol. The molecule has 4 nitrogen and oxygen atoms in total. The number of halogens is 1. The predicted octanol–water partition coefficient (Wildman–Crippen LogP) is 0.512. The summed E-state index contributed by atoms with van der Waals surface area (Å²) in [6, 6.07) is 2.64. The van der Waals surface area contributed by atoms with Crippen LogP contribution in [0.5, 0.6) is 0 Å². The lowest BCUT2D eigenvalue weighted by molar-refractivity contribution is 0.0796. The van der Waals surface area contributed by atoms with Gasteiger partial charge in [-0.2, -0.15) is 4.39 Å². The first-order valence-corrected chi connectivity index (χ1v) is 4.66. The van der Waals surface area contributed by atoms with Crippen LogP contribution >= 0.6 is 0 Å². The zero-order valence-electron chi connectivity index (χ0n) is 8.83. The van der Waals surface area contributed by atoms with Crippen molar-refractivity contribution < 1.29 is 9.18 Å². The fourth-order valence-electron chi connectivity index (χ4n) is 1.14. The average molecular weight is 211 g/mol. The third kappa shape index (κ3) is 3.28. The largest absolute Gasteiger partial charge is 0.340 e. The van der Waals surface area contributed by atoms with Crippen LogP contribution in [0.1, 0.15) is 10.4 Å². The van der Waals surface area contributed by atoms with E-state index in [-0.39, 0.29) is 5.91 Å². The lowest BCUT2D eigenvalue weighted by Crippen LogP contribution is -2.32. The van der Waals surface area contributed by atoms with Crippen molar-refractivity contribution in [1.29, 1.82) is 0 Å². The zero-order chi connectivity index (χ0) is 11.3. The van der Waals surface area contributed by atoms with Crippen LogP contribution in [0.3, 0.4) is 0 Å². The zero-order valence-corrected chi connectivity index (χ0v) is 8.83. The smallest absolute Gasteiger partial charge is 0.253 e. The van der Waals surface area contributed by atoms with Gasteiger partial charge in [-0.3, -0.25) is 4.79 Å². The van der Waals surface area contributed by atoms with Gasteiger partial charge in [0, 0.05) is 38.0 Å². The Morgan fingerprint density at radius 1 is 1.67 bits per heavy atom. The number of rotatable bonds is 4. The topological polar surface area (TPSA) is 45.2 Å². The minimum atomic E-state index is -0.636. The summed E-state index contributed by atoms with van der Waals surface area (Å²) in [6.45, 7) is 1.29. The molecule has 1 rings (SSSR count). The molecule has 1 amide bonds. The number of nitrogens with one attached hydrogen (secondary N) is 1. The Morgan fingerprint density at radius 2 is 2.40 bits per heavy atom. The minimum Gasteiger partial charge on any atom is -0.340 e. The van der Waals surface area contributed by atoms with E-state index in [1.54, 1.807) is 7.05 Å². The number of pyridine rings is 1. The van der Waals surface area contributed by atoms with Gasteiger partial charge < -0.3 is 10.2 Å². The van der Waals surface area contributed by atoms with Crippen LogP contribution in [-0.2, 0) is 0 Å². The van der Waals surface area contributed by atoms with Crippen LogP contribution in [0, 0.1) is 5.95 Å². The quantitative estimate of drug-likeness (QED) is 0.738. The lowest BCUT2D eigenvalue weighted by Gasteiger charge is -2.16. The molecule has 0 unspecified atom stereocenters. The van der Waals surface area contributed by atoms with E-state index in [1.165, 1.54) is 17.2 Å². The van der Waals surface area contributed by atoms with Gasteiger partial charge >= 0.3 is 0 Å². The average Bonchev–Trinajstić information content (AvgIpc) is 2.24. The number of carbonyl (C=O) groups excluding carboxylic acids is 1. The summed E-state index contributed by atoms with van der Waals surface area (Å²) in [6.07, 6.45) is 1.29. The number of nitrogens with zero attached hydrogens (tertiary/aromatic N) is 2. The van der Waals surface area contributed by atoms with E-state index in [0.29, 0.717) is 18.7 Å². The maximum Gasteiger partial charge on any atom is 0.253 e. The van der Waals surface area contributed by atoms with Crippen LogP contribution in [0.25, 0.3) is 0 Å². The molecule has 0 spiro atoms. The second-order valence-electron chi connectivity index (χ2n) is 3.20. The first-order chi connectivity index (χ1) is 7.15. The number of hydrogen-bond acceptors (Lipinski definition) is 3. The molecule has 0 saturated heterocycles. The van der Waals surface area contributed by atoms with Crippen molar-refractivity contribution in [2.75, 3.05) is 27.2 Å². The first kappa shape index (κ1) is 11.6. The Balaban J connectivity index is 2.67. The van der Waals surface area contributed by atoms with Crippen molar-refractivity contribution in [3.05, 3.63) is 29.8 Å². The SMILES string of the molecule is CNCCN(C)C(=O)c1ccnc(F)c1. The molecule has 0 aliphatic carbocycles. The fraction of sp³-hybridized carbons (Fsp3) is 0.400. The van der Waals surface area contributed by atoms with Gasteiger partial charge in [0.05, 0.1) is 0 Å². The van der Waals surface area contributed by atoms with Gasteiger partial charge in [0.25, 0.3) is 5.91 Å². The van der Waals surface area contributed by atoms with Crippen LogP contribution in [-0.4, -0.2) is 43.0 Å².